The summed E-state index contributed by atoms with van der Waals surface area (Å²) in [5.74, 6) is 1.00. The van der Waals surface area contributed by atoms with Crippen LogP contribution in [0.3, 0.4) is 0 Å². The van der Waals surface area contributed by atoms with Gasteiger partial charge in [-0.3, -0.25) is 0 Å². The Morgan fingerprint density at radius 2 is 1.95 bits per heavy atom. The molecule has 0 aliphatic carbocycles. The monoisotopic (exact) mass is 331 g/mol. The highest BCUT2D eigenvalue weighted by Gasteiger charge is 2.15. The van der Waals surface area contributed by atoms with Crippen LogP contribution in [0.15, 0.2) is 34.3 Å². The SMILES string of the molecule is CSCCN(C)CCS(=O)(=O)c1ccc(/C(N)=N/O)cc1. The van der Waals surface area contributed by atoms with E-state index in [2.05, 4.69) is 5.16 Å². The van der Waals surface area contributed by atoms with Crippen molar-refractivity contribution in [2.75, 3.05) is 37.9 Å². The average molecular weight is 331 g/mol. The first kappa shape index (κ1) is 17.8. The number of nitrogens with two attached hydrogens (primary N) is 1. The Balaban J connectivity index is 2.70. The molecule has 0 radical (unpaired) electrons. The molecule has 0 saturated carbocycles. The van der Waals surface area contributed by atoms with Crippen LogP contribution in [-0.2, 0) is 9.84 Å². The molecule has 0 saturated heterocycles. The van der Waals surface area contributed by atoms with Crippen molar-refractivity contribution in [2.45, 2.75) is 4.90 Å². The maximum atomic E-state index is 12.2. The summed E-state index contributed by atoms with van der Waals surface area (Å²) in [5.41, 5.74) is 5.92. The van der Waals surface area contributed by atoms with Gasteiger partial charge in [0.2, 0.25) is 0 Å². The molecule has 21 heavy (non-hydrogen) atoms. The van der Waals surface area contributed by atoms with Gasteiger partial charge in [-0.25, -0.2) is 8.42 Å². The quantitative estimate of drug-likeness (QED) is 0.317. The Hall–Kier alpha value is -1.25. The molecule has 0 aromatic heterocycles. The fourth-order valence-electron chi connectivity index (χ4n) is 1.64. The predicted octanol–water partition coefficient (Wildman–Crippen LogP) is 0.850. The van der Waals surface area contributed by atoms with Gasteiger partial charge in [-0.05, 0) is 37.6 Å². The van der Waals surface area contributed by atoms with Crippen LogP contribution in [0.4, 0.5) is 0 Å². The van der Waals surface area contributed by atoms with Crippen molar-refractivity contribution in [1.82, 2.24) is 4.90 Å². The molecule has 3 N–H and O–H groups in total. The zero-order valence-corrected chi connectivity index (χ0v) is 13.8. The lowest BCUT2D eigenvalue weighted by Crippen LogP contribution is -2.27. The van der Waals surface area contributed by atoms with Gasteiger partial charge in [0.15, 0.2) is 15.7 Å². The number of oxime groups is 1. The number of hydrogen-bond donors (Lipinski definition) is 2. The van der Waals surface area contributed by atoms with Gasteiger partial charge in [-0.2, -0.15) is 11.8 Å². The number of rotatable bonds is 8. The molecule has 0 atom stereocenters. The first-order chi connectivity index (χ1) is 9.90. The third-order valence-electron chi connectivity index (χ3n) is 3.04. The van der Waals surface area contributed by atoms with E-state index < -0.39 is 9.84 Å². The summed E-state index contributed by atoms with van der Waals surface area (Å²) in [4.78, 5) is 2.24. The van der Waals surface area contributed by atoms with Crippen molar-refractivity contribution in [2.24, 2.45) is 10.9 Å². The minimum absolute atomic E-state index is 0.0456. The lowest BCUT2D eigenvalue weighted by atomic mass is 10.2. The van der Waals surface area contributed by atoms with Crippen LogP contribution >= 0.6 is 11.8 Å². The van der Waals surface area contributed by atoms with E-state index in [-0.39, 0.29) is 16.5 Å². The van der Waals surface area contributed by atoms with Gasteiger partial charge in [-0.15, -0.1) is 0 Å². The molecule has 118 valence electrons. The van der Waals surface area contributed by atoms with Crippen molar-refractivity contribution < 1.29 is 13.6 Å². The topological polar surface area (TPSA) is 96.0 Å². The van der Waals surface area contributed by atoms with E-state index in [9.17, 15) is 8.42 Å². The summed E-state index contributed by atoms with van der Waals surface area (Å²) in [6.45, 7) is 1.35. The van der Waals surface area contributed by atoms with Gasteiger partial charge in [-0.1, -0.05) is 5.16 Å². The molecule has 0 spiro atoms. The second-order valence-electron chi connectivity index (χ2n) is 4.62. The van der Waals surface area contributed by atoms with Crippen LogP contribution in [-0.4, -0.2) is 62.3 Å². The highest BCUT2D eigenvalue weighted by Crippen LogP contribution is 2.13. The van der Waals surface area contributed by atoms with Crippen LogP contribution in [0.2, 0.25) is 0 Å². The number of benzene rings is 1. The zero-order chi connectivity index (χ0) is 15.9. The molecule has 1 rings (SSSR count). The average Bonchev–Trinajstić information content (AvgIpc) is 2.50. The number of nitrogens with zero attached hydrogens (tertiary/aromatic N) is 2. The Kier molecular flexibility index (Phi) is 7.00. The fourth-order valence-corrected chi connectivity index (χ4v) is 3.48. The number of thioether (sulfide) groups is 1. The van der Waals surface area contributed by atoms with E-state index in [0.29, 0.717) is 12.1 Å². The molecule has 6 nitrogen and oxygen atoms in total. The molecule has 1 aromatic carbocycles. The summed E-state index contributed by atoms with van der Waals surface area (Å²) in [7, 11) is -1.41. The first-order valence-corrected chi connectivity index (χ1v) is 9.43. The van der Waals surface area contributed by atoms with E-state index in [1.165, 1.54) is 24.3 Å². The van der Waals surface area contributed by atoms with Crippen LogP contribution in [0.1, 0.15) is 5.56 Å². The third kappa shape index (κ3) is 5.56. The molecule has 0 unspecified atom stereocenters. The van der Waals surface area contributed by atoms with E-state index >= 15 is 0 Å². The molecule has 0 amide bonds. The lowest BCUT2D eigenvalue weighted by molar-refractivity contribution is 0.318. The molecule has 0 aliphatic heterocycles. The second-order valence-corrected chi connectivity index (χ2v) is 7.72. The molecule has 0 aliphatic rings. The summed E-state index contributed by atoms with van der Waals surface area (Å²) in [6.07, 6.45) is 2.02. The molecule has 0 bridgehead atoms. The van der Waals surface area contributed by atoms with E-state index in [1.54, 1.807) is 11.8 Å². The highest BCUT2D eigenvalue weighted by molar-refractivity contribution is 7.98. The Morgan fingerprint density at radius 1 is 1.33 bits per heavy atom. The predicted molar refractivity (Wildman–Crippen MR) is 86.9 cm³/mol. The van der Waals surface area contributed by atoms with E-state index in [0.717, 1.165) is 12.3 Å². The minimum atomic E-state index is -3.32. The highest BCUT2D eigenvalue weighted by atomic mass is 32.2. The summed E-state index contributed by atoms with van der Waals surface area (Å²) in [5, 5.41) is 11.4. The van der Waals surface area contributed by atoms with Crippen molar-refractivity contribution in [1.29, 1.82) is 0 Å². The van der Waals surface area contributed by atoms with E-state index in [1.807, 2.05) is 18.2 Å². The maximum absolute atomic E-state index is 12.2. The first-order valence-electron chi connectivity index (χ1n) is 6.39. The van der Waals surface area contributed by atoms with Crippen LogP contribution in [0.25, 0.3) is 0 Å². The minimum Gasteiger partial charge on any atom is -0.409 e. The van der Waals surface area contributed by atoms with Crippen molar-refractivity contribution in [3.63, 3.8) is 0 Å². The Morgan fingerprint density at radius 3 is 2.48 bits per heavy atom. The van der Waals surface area contributed by atoms with Gasteiger partial charge in [0.05, 0.1) is 10.6 Å². The molecular formula is C13H21N3O3S2. The zero-order valence-electron chi connectivity index (χ0n) is 12.2. The van der Waals surface area contributed by atoms with Gasteiger partial charge in [0.1, 0.15) is 0 Å². The van der Waals surface area contributed by atoms with Crippen molar-refractivity contribution in [3.05, 3.63) is 29.8 Å². The molecule has 8 heteroatoms. The summed E-state index contributed by atoms with van der Waals surface area (Å²) < 4.78 is 24.4. The standard InChI is InChI=1S/C13H21N3O3S2/c1-16(7-9-20-2)8-10-21(18,19)12-5-3-11(4-6-12)13(14)15-17/h3-6,17H,7-10H2,1-2H3,(H2,14,15). The smallest absolute Gasteiger partial charge is 0.179 e. The van der Waals surface area contributed by atoms with Gasteiger partial charge < -0.3 is 15.8 Å². The largest absolute Gasteiger partial charge is 0.409 e. The normalized spacial score (nSPS) is 12.8. The number of amidine groups is 1. The number of sulfone groups is 1. The van der Waals surface area contributed by atoms with E-state index in [4.69, 9.17) is 10.9 Å². The second kappa shape index (κ2) is 8.26. The van der Waals surface area contributed by atoms with Crippen LogP contribution in [0, 0.1) is 0 Å². The maximum Gasteiger partial charge on any atom is 0.179 e. The van der Waals surface area contributed by atoms with Crippen LogP contribution in [0.5, 0.6) is 0 Å². The lowest BCUT2D eigenvalue weighted by Gasteiger charge is -2.15. The third-order valence-corrected chi connectivity index (χ3v) is 5.34. The van der Waals surface area contributed by atoms with Gasteiger partial charge in [0.25, 0.3) is 0 Å². The van der Waals surface area contributed by atoms with Crippen molar-refractivity contribution >= 4 is 27.4 Å². The molecule has 0 fully saturated rings. The number of hydrogen-bond acceptors (Lipinski definition) is 6. The van der Waals surface area contributed by atoms with Crippen molar-refractivity contribution in [3.8, 4) is 0 Å². The Labute approximate surface area is 129 Å². The molecule has 1 aromatic rings. The summed E-state index contributed by atoms with van der Waals surface area (Å²) in [6, 6.07) is 6.01. The van der Waals surface area contributed by atoms with Gasteiger partial charge in [0, 0.05) is 24.4 Å². The van der Waals surface area contributed by atoms with Gasteiger partial charge >= 0.3 is 0 Å². The van der Waals surface area contributed by atoms with Crippen LogP contribution < -0.4 is 5.73 Å². The Bertz CT molecular complexity index is 571. The molecular weight excluding hydrogens is 310 g/mol. The summed E-state index contributed by atoms with van der Waals surface area (Å²) >= 11 is 1.73. The fraction of sp³-hybridized carbons (Fsp3) is 0.462. The molecule has 0 heterocycles.